The molecule has 0 aliphatic rings. The second kappa shape index (κ2) is 5.96. The zero-order valence-electron chi connectivity index (χ0n) is 9.48. The van der Waals surface area contributed by atoms with Gasteiger partial charge in [-0.05, 0) is 0 Å². The van der Waals surface area contributed by atoms with Crippen molar-refractivity contribution in [3.05, 3.63) is 12.2 Å². The Labute approximate surface area is 94.6 Å². The SMILES string of the molecule is C[As](C/C=C/C(=O)O)C(=O)OC(C)(C)C. The van der Waals surface area contributed by atoms with E-state index < -0.39 is 26.2 Å². The molecule has 0 radical (unpaired) electrons. The van der Waals surface area contributed by atoms with Crippen molar-refractivity contribution in [1.29, 1.82) is 0 Å². The fourth-order valence-electron chi connectivity index (χ4n) is 0.726. The van der Waals surface area contributed by atoms with E-state index in [9.17, 15) is 9.59 Å². The normalized spacial score (nSPS) is 13.9. The zero-order chi connectivity index (χ0) is 12.1. The average molecular weight is 276 g/mol. The Hall–Kier alpha value is -0.762. The molecule has 0 saturated carbocycles. The molecule has 0 aromatic heterocycles. The molecule has 1 atom stereocenters. The Morgan fingerprint density at radius 1 is 1.40 bits per heavy atom. The molecule has 15 heavy (non-hydrogen) atoms. The van der Waals surface area contributed by atoms with Gasteiger partial charge < -0.3 is 0 Å². The van der Waals surface area contributed by atoms with Crippen LogP contribution in [0.2, 0.25) is 10.9 Å². The van der Waals surface area contributed by atoms with Crippen LogP contribution < -0.4 is 0 Å². The van der Waals surface area contributed by atoms with E-state index in [1.54, 1.807) is 0 Å². The van der Waals surface area contributed by atoms with Gasteiger partial charge in [0.2, 0.25) is 0 Å². The van der Waals surface area contributed by atoms with Crippen molar-refractivity contribution < 1.29 is 19.4 Å². The third-order valence-electron chi connectivity index (χ3n) is 1.34. The summed E-state index contributed by atoms with van der Waals surface area (Å²) in [6, 6.07) is 0. The van der Waals surface area contributed by atoms with Gasteiger partial charge in [0.25, 0.3) is 0 Å². The molecule has 4 nitrogen and oxygen atoms in total. The van der Waals surface area contributed by atoms with E-state index in [1.807, 2.05) is 26.5 Å². The number of carboxylic acid groups (broad SMARTS) is 1. The van der Waals surface area contributed by atoms with Crippen LogP contribution in [-0.4, -0.2) is 36.1 Å². The molecule has 0 aromatic carbocycles. The Bertz CT molecular complexity index is 265. The van der Waals surface area contributed by atoms with Crippen molar-refractivity contribution in [3.8, 4) is 0 Å². The zero-order valence-corrected chi connectivity index (χ0v) is 11.4. The molecule has 5 heteroatoms. The molecule has 0 heterocycles. The van der Waals surface area contributed by atoms with Crippen LogP contribution in [0, 0.1) is 0 Å². The maximum absolute atomic E-state index is 11.5. The number of carbonyl (C=O) groups excluding carboxylic acids is 1. The van der Waals surface area contributed by atoms with E-state index in [2.05, 4.69) is 0 Å². The Morgan fingerprint density at radius 3 is 2.33 bits per heavy atom. The van der Waals surface area contributed by atoms with Crippen molar-refractivity contribution in [1.82, 2.24) is 0 Å². The Morgan fingerprint density at radius 2 is 1.93 bits per heavy atom. The Balaban J connectivity index is 4.06. The number of rotatable bonds is 4. The van der Waals surface area contributed by atoms with Crippen LogP contribution in [0.1, 0.15) is 20.8 Å². The van der Waals surface area contributed by atoms with Crippen molar-refractivity contribution in [3.63, 3.8) is 0 Å². The summed E-state index contributed by atoms with van der Waals surface area (Å²) < 4.78 is 5.04. The fraction of sp³-hybridized carbons (Fsp3) is 0.600. The van der Waals surface area contributed by atoms with Gasteiger partial charge in [0.05, 0.1) is 0 Å². The van der Waals surface area contributed by atoms with E-state index in [-0.39, 0.29) is 4.76 Å². The van der Waals surface area contributed by atoms with Gasteiger partial charge in [-0.25, -0.2) is 0 Å². The van der Waals surface area contributed by atoms with Crippen LogP contribution in [0.15, 0.2) is 12.2 Å². The molecule has 1 unspecified atom stereocenters. The predicted molar refractivity (Wildman–Crippen MR) is 59.4 cm³/mol. The van der Waals surface area contributed by atoms with E-state index in [1.165, 1.54) is 6.08 Å². The first kappa shape index (κ1) is 14.2. The average Bonchev–Trinajstić information content (AvgIpc) is 1.99. The van der Waals surface area contributed by atoms with Crippen LogP contribution >= 0.6 is 0 Å². The second-order valence-corrected chi connectivity index (χ2v) is 8.56. The first-order chi connectivity index (χ1) is 6.72. The number of ether oxygens (including phenoxy) is 1. The monoisotopic (exact) mass is 276 g/mol. The summed E-state index contributed by atoms with van der Waals surface area (Å²) >= 11 is -1.73. The van der Waals surface area contributed by atoms with Gasteiger partial charge in [0, 0.05) is 0 Å². The van der Waals surface area contributed by atoms with Gasteiger partial charge in [-0.1, -0.05) is 0 Å². The van der Waals surface area contributed by atoms with Crippen LogP contribution in [-0.2, 0) is 9.53 Å². The standard InChI is InChI=1S/C10H17AsO4/c1-10(2,3)15-9(14)11(4)7-5-6-8(12)13/h5-6H,7H2,1-4H3,(H,12,13)/b6-5+. The summed E-state index contributed by atoms with van der Waals surface area (Å²) in [7, 11) is 0. The van der Waals surface area contributed by atoms with Crippen LogP contribution in [0.4, 0.5) is 4.79 Å². The van der Waals surface area contributed by atoms with Crippen molar-refractivity contribution in [2.75, 3.05) is 0 Å². The number of allylic oxidation sites excluding steroid dienone is 1. The number of aliphatic carboxylic acids is 1. The van der Waals surface area contributed by atoms with E-state index in [0.29, 0.717) is 5.21 Å². The van der Waals surface area contributed by atoms with Crippen molar-refractivity contribution in [2.45, 2.75) is 37.3 Å². The molecule has 0 spiro atoms. The van der Waals surface area contributed by atoms with Gasteiger partial charge in [0.1, 0.15) is 0 Å². The molecule has 0 saturated heterocycles. The van der Waals surface area contributed by atoms with Crippen LogP contribution in [0.3, 0.4) is 0 Å². The summed E-state index contributed by atoms with van der Waals surface area (Å²) in [4.78, 5) is 21.7. The third-order valence-corrected chi connectivity index (χ3v) is 4.44. The molecular formula is C10H17AsO4. The summed E-state index contributed by atoms with van der Waals surface area (Å²) in [6.45, 7) is 5.46. The molecule has 86 valence electrons. The first-order valence-corrected chi connectivity index (χ1v) is 8.70. The summed E-state index contributed by atoms with van der Waals surface area (Å²) in [5, 5.41) is 8.89. The fourth-order valence-corrected chi connectivity index (χ4v) is 2.82. The molecule has 0 aliphatic heterocycles. The summed E-state index contributed by atoms with van der Waals surface area (Å²) in [5.74, 6) is -0.985. The van der Waals surface area contributed by atoms with Gasteiger partial charge in [-0.15, -0.1) is 0 Å². The molecule has 0 aromatic rings. The minimum atomic E-state index is -1.73. The van der Waals surface area contributed by atoms with E-state index in [4.69, 9.17) is 9.84 Å². The molecule has 0 bridgehead atoms. The molecule has 0 rings (SSSR count). The van der Waals surface area contributed by atoms with Crippen molar-refractivity contribution in [2.24, 2.45) is 0 Å². The quantitative estimate of drug-likeness (QED) is 0.632. The van der Waals surface area contributed by atoms with E-state index >= 15 is 0 Å². The predicted octanol–water partition coefficient (Wildman–Crippen LogP) is 2.27. The molecule has 0 fully saturated rings. The van der Waals surface area contributed by atoms with Gasteiger partial charge in [-0.3, -0.25) is 0 Å². The Kier molecular flexibility index (Phi) is 5.66. The maximum atomic E-state index is 11.5. The van der Waals surface area contributed by atoms with Gasteiger partial charge >= 0.3 is 94.3 Å². The molecule has 0 amide bonds. The summed E-state index contributed by atoms with van der Waals surface area (Å²) in [6.07, 6.45) is 2.59. The van der Waals surface area contributed by atoms with Crippen LogP contribution in [0.5, 0.6) is 0 Å². The van der Waals surface area contributed by atoms with Gasteiger partial charge in [0.15, 0.2) is 0 Å². The van der Waals surface area contributed by atoms with Crippen LogP contribution in [0.25, 0.3) is 0 Å². The third kappa shape index (κ3) is 8.25. The number of carbonyl (C=O) groups is 2. The second-order valence-electron chi connectivity index (χ2n) is 4.10. The molecule has 0 aliphatic carbocycles. The number of hydrogen-bond donors (Lipinski definition) is 1. The molecular weight excluding hydrogens is 259 g/mol. The van der Waals surface area contributed by atoms with Crippen molar-refractivity contribution >= 4 is 25.4 Å². The van der Waals surface area contributed by atoms with Gasteiger partial charge in [-0.2, -0.15) is 0 Å². The number of hydrogen-bond acceptors (Lipinski definition) is 3. The number of carboxylic acids is 1. The topological polar surface area (TPSA) is 63.6 Å². The van der Waals surface area contributed by atoms with E-state index in [0.717, 1.165) is 6.08 Å². The summed E-state index contributed by atoms with van der Waals surface area (Å²) in [5.41, 5.74) is 1.39. The minimum absolute atomic E-state index is 0.162. The first-order valence-electron chi connectivity index (χ1n) is 4.56. The molecule has 1 N–H and O–H groups in total.